The molecule has 0 aliphatic heterocycles. The van der Waals surface area contributed by atoms with Gasteiger partial charge in [0.15, 0.2) is 11.6 Å². The Hall–Kier alpha value is -3.81. The van der Waals surface area contributed by atoms with Crippen molar-refractivity contribution in [3.8, 4) is 22.7 Å². The van der Waals surface area contributed by atoms with Crippen molar-refractivity contribution in [2.75, 3.05) is 5.32 Å². The van der Waals surface area contributed by atoms with Crippen molar-refractivity contribution in [2.24, 2.45) is 0 Å². The Kier molecular flexibility index (Phi) is 4.16. The quantitative estimate of drug-likeness (QED) is 0.549. The van der Waals surface area contributed by atoms with E-state index in [1.165, 1.54) is 12.1 Å². The van der Waals surface area contributed by atoms with E-state index in [-0.39, 0.29) is 17.5 Å². The van der Waals surface area contributed by atoms with Crippen molar-refractivity contribution < 1.29 is 13.6 Å². The van der Waals surface area contributed by atoms with Gasteiger partial charge in [0.25, 0.3) is 5.91 Å². The third-order valence-electron chi connectivity index (χ3n) is 4.72. The Morgan fingerprint density at radius 3 is 2.69 bits per heavy atom. The minimum atomic E-state index is -0.378. The highest BCUT2D eigenvalue weighted by molar-refractivity contribution is 6.02. The number of rotatable bonds is 5. The summed E-state index contributed by atoms with van der Waals surface area (Å²) in [5, 5.41) is 14.8. The molecular formula is C21H16FN5O2. The number of benzene rings is 2. The minimum absolute atomic E-state index is 0.164. The van der Waals surface area contributed by atoms with Crippen LogP contribution in [0.3, 0.4) is 0 Å². The molecule has 2 aromatic carbocycles. The molecule has 1 N–H and O–H groups in total. The van der Waals surface area contributed by atoms with Crippen LogP contribution in [0.15, 0.2) is 65.1 Å². The van der Waals surface area contributed by atoms with E-state index in [1.54, 1.807) is 30.3 Å². The summed E-state index contributed by atoms with van der Waals surface area (Å²) in [4.78, 5) is 12.6. The smallest absolute Gasteiger partial charge is 0.291 e. The van der Waals surface area contributed by atoms with Gasteiger partial charge in [-0.15, -0.1) is 5.10 Å². The van der Waals surface area contributed by atoms with Gasteiger partial charge in [0.05, 0.1) is 6.04 Å². The van der Waals surface area contributed by atoms with E-state index >= 15 is 0 Å². The average molecular weight is 389 g/mol. The number of hydrogen-bond acceptors (Lipinski definition) is 5. The summed E-state index contributed by atoms with van der Waals surface area (Å²) < 4.78 is 20.5. The monoisotopic (exact) mass is 389 g/mol. The first-order valence-electron chi connectivity index (χ1n) is 9.23. The molecule has 0 radical (unpaired) electrons. The van der Waals surface area contributed by atoms with Crippen molar-refractivity contribution in [3.63, 3.8) is 0 Å². The van der Waals surface area contributed by atoms with Crippen LogP contribution in [0.5, 0.6) is 0 Å². The number of nitrogens with one attached hydrogen (secondary N) is 1. The van der Waals surface area contributed by atoms with E-state index in [4.69, 9.17) is 4.42 Å². The normalized spacial score (nSPS) is 13.4. The van der Waals surface area contributed by atoms with Gasteiger partial charge in [0.2, 0.25) is 0 Å². The zero-order valence-electron chi connectivity index (χ0n) is 15.2. The summed E-state index contributed by atoms with van der Waals surface area (Å²) in [5.41, 5.74) is 2.13. The maximum absolute atomic E-state index is 13.1. The van der Waals surface area contributed by atoms with Crippen molar-refractivity contribution >= 4 is 11.6 Å². The van der Waals surface area contributed by atoms with Crippen LogP contribution in [0.1, 0.15) is 29.4 Å². The third-order valence-corrected chi connectivity index (χ3v) is 4.72. The van der Waals surface area contributed by atoms with Crippen LogP contribution < -0.4 is 5.32 Å². The fraction of sp³-hybridized carbons (Fsp3) is 0.143. The average Bonchev–Trinajstić information content (AvgIpc) is 3.26. The molecule has 2 aromatic heterocycles. The topological polar surface area (TPSA) is 85.8 Å². The lowest BCUT2D eigenvalue weighted by atomic mass is 10.2. The number of amides is 1. The van der Waals surface area contributed by atoms with Gasteiger partial charge in [-0.25, -0.2) is 9.07 Å². The third kappa shape index (κ3) is 3.52. The molecule has 7 nitrogen and oxygen atoms in total. The molecule has 1 fully saturated rings. The van der Waals surface area contributed by atoms with Gasteiger partial charge in [0, 0.05) is 16.8 Å². The van der Waals surface area contributed by atoms with Gasteiger partial charge in [0.1, 0.15) is 11.6 Å². The van der Waals surface area contributed by atoms with E-state index in [0.717, 1.165) is 18.4 Å². The number of carbonyl (C=O) groups excluding carboxylic acids is 1. The number of hydrogen-bond donors (Lipinski definition) is 1. The molecule has 0 spiro atoms. The number of halogens is 1. The molecule has 29 heavy (non-hydrogen) atoms. The van der Waals surface area contributed by atoms with Gasteiger partial charge in [-0.2, -0.15) is 0 Å². The van der Waals surface area contributed by atoms with Crippen molar-refractivity contribution in [1.29, 1.82) is 0 Å². The number of anilines is 1. The number of carbonyl (C=O) groups is 1. The number of aromatic nitrogens is 4. The summed E-state index contributed by atoms with van der Waals surface area (Å²) in [6.45, 7) is 0. The van der Waals surface area contributed by atoms with Crippen LogP contribution in [-0.4, -0.2) is 26.1 Å². The van der Waals surface area contributed by atoms with Crippen LogP contribution in [0.25, 0.3) is 22.7 Å². The summed E-state index contributed by atoms with van der Waals surface area (Å²) in [6.07, 6.45) is 2.15. The highest BCUT2D eigenvalue weighted by Crippen LogP contribution is 2.36. The lowest BCUT2D eigenvalue weighted by Gasteiger charge is -2.07. The van der Waals surface area contributed by atoms with E-state index in [0.29, 0.717) is 28.9 Å². The molecule has 0 unspecified atom stereocenters. The Bertz CT molecular complexity index is 1180. The highest BCUT2D eigenvalue weighted by Gasteiger charge is 2.28. The number of tetrazole rings is 1. The molecule has 1 aliphatic carbocycles. The molecule has 4 aromatic rings. The van der Waals surface area contributed by atoms with Crippen molar-refractivity contribution in [3.05, 3.63) is 72.2 Å². The van der Waals surface area contributed by atoms with Crippen LogP contribution in [0.2, 0.25) is 0 Å². The lowest BCUT2D eigenvalue weighted by molar-refractivity contribution is 0.0997. The summed E-state index contributed by atoms with van der Waals surface area (Å²) >= 11 is 0. The number of nitrogens with zero attached hydrogens (tertiary/aromatic N) is 4. The summed E-state index contributed by atoms with van der Waals surface area (Å²) in [5.74, 6) is 0.633. The summed E-state index contributed by atoms with van der Waals surface area (Å²) in [7, 11) is 0. The van der Waals surface area contributed by atoms with Gasteiger partial charge < -0.3 is 9.73 Å². The second-order valence-corrected chi connectivity index (χ2v) is 6.88. The second-order valence-electron chi connectivity index (χ2n) is 6.88. The predicted octanol–water partition coefficient (Wildman–Crippen LogP) is 4.33. The van der Waals surface area contributed by atoms with E-state index in [1.807, 2.05) is 22.9 Å². The molecule has 1 aliphatic rings. The maximum atomic E-state index is 13.1. The zero-order valence-corrected chi connectivity index (χ0v) is 15.2. The molecular weight excluding hydrogens is 373 g/mol. The molecule has 1 amide bonds. The van der Waals surface area contributed by atoms with Crippen LogP contribution in [-0.2, 0) is 0 Å². The lowest BCUT2D eigenvalue weighted by Crippen LogP contribution is -2.11. The van der Waals surface area contributed by atoms with Gasteiger partial charge in [-0.05, 0) is 71.8 Å². The molecule has 8 heteroatoms. The Morgan fingerprint density at radius 1 is 1.07 bits per heavy atom. The molecule has 0 saturated heterocycles. The molecule has 0 bridgehead atoms. The van der Waals surface area contributed by atoms with Gasteiger partial charge in [-0.1, -0.05) is 12.1 Å². The molecule has 2 heterocycles. The fourth-order valence-electron chi connectivity index (χ4n) is 3.11. The fourth-order valence-corrected chi connectivity index (χ4v) is 3.11. The van der Waals surface area contributed by atoms with Crippen LogP contribution >= 0.6 is 0 Å². The standard InChI is InChI=1S/C21H16FN5O2/c22-15-6-4-13(5-7-15)18-10-11-19(29-18)21(28)23-16-3-1-2-14(12-16)20-24-25-26-27(20)17-8-9-17/h1-7,10-12,17H,8-9H2,(H,23,28). The van der Waals surface area contributed by atoms with E-state index in [9.17, 15) is 9.18 Å². The first-order chi connectivity index (χ1) is 14.2. The molecule has 1 saturated carbocycles. The first kappa shape index (κ1) is 17.3. The van der Waals surface area contributed by atoms with Crippen LogP contribution in [0, 0.1) is 5.82 Å². The summed E-state index contributed by atoms with van der Waals surface area (Å²) in [6, 6.07) is 16.9. The van der Waals surface area contributed by atoms with Crippen molar-refractivity contribution in [1.82, 2.24) is 20.2 Å². The second kappa shape index (κ2) is 6.97. The van der Waals surface area contributed by atoms with E-state index in [2.05, 4.69) is 20.8 Å². The SMILES string of the molecule is O=C(Nc1cccc(-c2nnnn2C2CC2)c1)c1ccc(-c2ccc(F)cc2)o1. The maximum Gasteiger partial charge on any atom is 0.291 e. The highest BCUT2D eigenvalue weighted by atomic mass is 19.1. The molecule has 144 valence electrons. The van der Waals surface area contributed by atoms with Gasteiger partial charge >= 0.3 is 0 Å². The predicted molar refractivity (Wildman–Crippen MR) is 104 cm³/mol. The Labute approximate surface area is 165 Å². The van der Waals surface area contributed by atoms with Crippen LogP contribution in [0.4, 0.5) is 10.1 Å². The largest absolute Gasteiger partial charge is 0.451 e. The first-order valence-corrected chi connectivity index (χ1v) is 9.23. The Morgan fingerprint density at radius 2 is 1.90 bits per heavy atom. The number of furan rings is 1. The zero-order chi connectivity index (χ0) is 19.8. The van der Waals surface area contributed by atoms with Gasteiger partial charge in [-0.3, -0.25) is 4.79 Å². The minimum Gasteiger partial charge on any atom is -0.451 e. The van der Waals surface area contributed by atoms with E-state index < -0.39 is 0 Å². The molecule has 0 atom stereocenters. The van der Waals surface area contributed by atoms with Crippen molar-refractivity contribution in [2.45, 2.75) is 18.9 Å². The Balaban J connectivity index is 1.35. The molecule has 5 rings (SSSR count).